The Kier molecular flexibility index (Phi) is 10.4. The Morgan fingerprint density at radius 2 is 1.96 bits per heavy atom. The maximum absolute atomic E-state index is 12.2. The smallest absolute Gasteiger partial charge is 0.191 e. The Morgan fingerprint density at radius 3 is 2.57 bits per heavy atom. The highest BCUT2D eigenvalue weighted by molar-refractivity contribution is 14.0. The third-order valence-electron chi connectivity index (χ3n) is 4.03. The summed E-state index contributed by atoms with van der Waals surface area (Å²) in [6, 6.07) is 11.3. The number of halogens is 1. The lowest BCUT2D eigenvalue weighted by Gasteiger charge is -2.20. The van der Waals surface area contributed by atoms with E-state index < -0.39 is 15.9 Å². The van der Waals surface area contributed by atoms with Crippen LogP contribution >= 0.6 is 35.3 Å². The number of benzene rings is 1. The molecule has 0 aliphatic carbocycles. The summed E-state index contributed by atoms with van der Waals surface area (Å²) in [7, 11) is -3.49. The molecule has 0 aliphatic heterocycles. The first-order valence-corrected chi connectivity index (χ1v) is 11.4. The topological polar surface area (TPSA) is 90.8 Å². The Hall–Kier alpha value is -1.17. The van der Waals surface area contributed by atoms with E-state index >= 15 is 0 Å². The van der Waals surface area contributed by atoms with E-state index in [1.165, 1.54) is 5.56 Å². The molecule has 2 atom stereocenters. The fourth-order valence-corrected chi connectivity index (χ4v) is 5.17. The molecule has 0 aliphatic rings. The zero-order valence-corrected chi connectivity index (χ0v) is 20.2. The molecule has 28 heavy (non-hydrogen) atoms. The second-order valence-electron chi connectivity index (χ2n) is 6.31. The van der Waals surface area contributed by atoms with Gasteiger partial charge in [-0.25, -0.2) is 8.42 Å². The Labute approximate surface area is 188 Å². The lowest BCUT2D eigenvalue weighted by molar-refractivity contribution is 0.206. The molecule has 2 aromatic rings. The lowest BCUT2D eigenvalue weighted by Crippen LogP contribution is -2.39. The first kappa shape index (κ1) is 24.9. The largest absolute Gasteiger partial charge is 0.390 e. The van der Waals surface area contributed by atoms with Crippen LogP contribution in [-0.2, 0) is 9.84 Å². The molecule has 0 saturated heterocycles. The van der Waals surface area contributed by atoms with E-state index in [1.54, 1.807) is 17.5 Å². The average molecular weight is 537 g/mol. The summed E-state index contributed by atoms with van der Waals surface area (Å²) >= 11 is 1.15. The zero-order valence-electron chi connectivity index (χ0n) is 16.3. The van der Waals surface area contributed by atoms with Crippen molar-refractivity contribution in [1.82, 2.24) is 10.6 Å². The van der Waals surface area contributed by atoms with E-state index in [-0.39, 0.29) is 46.5 Å². The van der Waals surface area contributed by atoms with E-state index in [9.17, 15) is 13.5 Å². The first-order valence-electron chi connectivity index (χ1n) is 8.88. The number of sulfone groups is 1. The van der Waals surface area contributed by atoms with Crippen molar-refractivity contribution in [3.63, 3.8) is 0 Å². The summed E-state index contributed by atoms with van der Waals surface area (Å²) < 4.78 is 24.8. The van der Waals surface area contributed by atoms with Gasteiger partial charge in [0.15, 0.2) is 15.8 Å². The van der Waals surface area contributed by atoms with Gasteiger partial charge in [-0.3, -0.25) is 4.99 Å². The summed E-state index contributed by atoms with van der Waals surface area (Å²) in [5, 5.41) is 18.3. The Morgan fingerprint density at radius 1 is 1.25 bits per heavy atom. The van der Waals surface area contributed by atoms with E-state index in [0.717, 1.165) is 16.9 Å². The number of guanidine groups is 1. The summed E-state index contributed by atoms with van der Waals surface area (Å²) in [4.78, 5) is 4.36. The van der Waals surface area contributed by atoms with Crippen molar-refractivity contribution in [3.8, 4) is 0 Å². The second-order valence-corrected chi connectivity index (χ2v) is 9.52. The number of aliphatic hydroxyl groups excluding tert-OH is 1. The van der Waals surface area contributed by atoms with Crippen LogP contribution in [0.5, 0.6) is 0 Å². The van der Waals surface area contributed by atoms with Crippen LogP contribution < -0.4 is 10.6 Å². The zero-order chi connectivity index (χ0) is 19.9. The fourth-order valence-electron chi connectivity index (χ4n) is 2.70. The maximum atomic E-state index is 12.2. The van der Waals surface area contributed by atoms with Crippen LogP contribution in [0.15, 0.2) is 51.0 Å². The number of hydrogen-bond donors (Lipinski definition) is 3. The van der Waals surface area contributed by atoms with Crippen molar-refractivity contribution in [3.05, 3.63) is 52.9 Å². The molecule has 2 rings (SSSR count). The van der Waals surface area contributed by atoms with Gasteiger partial charge in [-0.1, -0.05) is 30.3 Å². The first-order chi connectivity index (χ1) is 12.8. The van der Waals surface area contributed by atoms with E-state index in [1.807, 2.05) is 26.0 Å². The highest BCUT2D eigenvalue weighted by Crippen LogP contribution is 2.18. The quantitative estimate of drug-likeness (QED) is 0.274. The molecule has 0 spiro atoms. The van der Waals surface area contributed by atoms with E-state index in [4.69, 9.17) is 0 Å². The number of nitrogens with zero attached hydrogens (tertiary/aromatic N) is 1. The van der Waals surface area contributed by atoms with Gasteiger partial charge >= 0.3 is 0 Å². The molecular formula is C19H28IN3O3S2. The molecule has 0 fully saturated rings. The van der Waals surface area contributed by atoms with Gasteiger partial charge < -0.3 is 15.7 Å². The van der Waals surface area contributed by atoms with Gasteiger partial charge in [-0.05, 0) is 43.3 Å². The number of aliphatic imine (C=N–C) groups is 1. The molecule has 0 radical (unpaired) electrons. The molecule has 2 unspecified atom stereocenters. The fraction of sp³-hybridized carbons (Fsp3) is 0.421. The van der Waals surface area contributed by atoms with Crippen LogP contribution in [0.1, 0.15) is 31.0 Å². The van der Waals surface area contributed by atoms with Crippen LogP contribution in [0.25, 0.3) is 0 Å². The van der Waals surface area contributed by atoms with Crippen molar-refractivity contribution in [2.45, 2.75) is 37.1 Å². The lowest BCUT2D eigenvalue weighted by atomic mass is 10.0. The highest BCUT2D eigenvalue weighted by atomic mass is 127. The molecule has 1 aromatic carbocycles. The Bertz CT molecular complexity index is 855. The maximum Gasteiger partial charge on any atom is 0.191 e. The van der Waals surface area contributed by atoms with Crippen molar-refractivity contribution in [2.75, 3.05) is 18.8 Å². The van der Waals surface area contributed by atoms with Gasteiger partial charge in [0.1, 0.15) is 4.21 Å². The van der Waals surface area contributed by atoms with Crippen LogP contribution in [-0.4, -0.2) is 44.4 Å². The number of aliphatic hydroxyl groups is 1. The van der Waals surface area contributed by atoms with Crippen LogP contribution in [0.3, 0.4) is 0 Å². The van der Waals surface area contributed by atoms with Gasteiger partial charge in [-0.2, -0.15) is 0 Å². The summed E-state index contributed by atoms with van der Waals surface area (Å²) in [5.74, 6) is 0.199. The van der Waals surface area contributed by atoms with Crippen molar-refractivity contribution in [1.29, 1.82) is 0 Å². The Balaban J connectivity index is 0.00000392. The summed E-state index contributed by atoms with van der Waals surface area (Å²) in [6.07, 6.45) is -1.07. The van der Waals surface area contributed by atoms with E-state index in [0.29, 0.717) is 12.5 Å². The molecule has 1 heterocycles. The second kappa shape index (κ2) is 11.7. The SMILES string of the molecule is CCNC(=NCC(O)CS(=O)(=O)c1cccs1)NC(C)c1ccccc1C.I. The third kappa shape index (κ3) is 7.34. The van der Waals surface area contributed by atoms with Gasteiger partial charge in [0.25, 0.3) is 0 Å². The predicted octanol–water partition coefficient (Wildman–Crippen LogP) is 3.13. The normalized spacial score (nSPS) is 14.1. The third-order valence-corrected chi connectivity index (χ3v) is 7.31. The number of thiophene rings is 1. The molecular weight excluding hydrogens is 509 g/mol. The van der Waals surface area contributed by atoms with Crippen molar-refractivity contribution < 1.29 is 13.5 Å². The molecule has 156 valence electrons. The predicted molar refractivity (Wildman–Crippen MR) is 127 cm³/mol. The number of hydrogen-bond acceptors (Lipinski definition) is 5. The minimum atomic E-state index is -3.49. The minimum absolute atomic E-state index is 0. The molecule has 9 heteroatoms. The van der Waals surface area contributed by atoms with Gasteiger partial charge in [0.2, 0.25) is 0 Å². The van der Waals surface area contributed by atoms with Crippen molar-refractivity contribution in [2.24, 2.45) is 4.99 Å². The number of aryl methyl sites for hydroxylation is 1. The standard InChI is InChI=1S/C19H27N3O3S2.HI/c1-4-20-19(22-15(3)17-9-6-5-8-14(17)2)21-12-16(23)13-27(24,25)18-10-7-11-26-18;/h5-11,15-16,23H,4,12-13H2,1-3H3,(H2,20,21,22);1H. The average Bonchev–Trinajstić information content (AvgIpc) is 3.15. The monoisotopic (exact) mass is 537 g/mol. The van der Waals surface area contributed by atoms with Gasteiger partial charge in [-0.15, -0.1) is 35.3 Å². The van der Waals surface area contributed by atoms with Crippen LogP contribution in [0.2, 0.25) is 0 Å². The molecule has 0 saturated carbocycles. The number of nitrogens with one attached hydrogen (secondary N) is 2. The molecule has 0 amide bonds. The van der Waals surface area contributed by atoms with Gasteiger partial charge in [0, 0.05) is 6.54 Å². The van der Waals surface area contributed by atoms with Crippen molar-refractivity contribution >= 4 is 51.1 Å². The van der Waals surface area contributed by atoms with Gasteiger partial charge in [0.05, 0.1) is 24.4 Å². The molecule has 3 N–H and O–H groups in total. The summed E-state index contributed by atoms with van der Waals surface area (Å²) in [5.41, 5.74) is 2.33. The van der Waals surface area contributed by atoms with E-state index in [2.05, 4.69) is 34.7 Å². The molecule has 1 aromatic heterocycles. The molecule has 0 bridgehead atoms. The van der Waals surface area contributed by atoms with Crippen LogP contribution in [0.4, 0.5) is 0 Å². The molecule has 6 nitrogen and oxygen atoms in total. The minimum Gasteiger partial charge on any atom is -0.390 e. The number of rotatable bonds is 8. The highest BCUT2D eigenvalue weighted by Gasteiger charge is 2.20. The van der Waals surface area contributed by atoms with Crippen LogP contribution in [0, 0.1) is 6.92 Å². The summed E-state index contributed by atoms with van der Waals surface area (Å²) in [6.45, 7) is 6.70.